The number of carbonyl (C=O) groups excluding carboxylic acids is 2. The Morgan fingerprint density at radius 2 is 1.83 bits per heavy atom. The zero-order valence-corrected chi connectivity index (χ0v) is 15.8. The highest BCUT2D eigenvalue weighted by Gasteiger charge is 2.24. The Hall–Kier alpha value is -3.87. The van der Waals surface area contributed by atoms with E-state index in [4.69, 9.17) is 18.4 Å². The largest absolute Gasteiger partial charge is 0.462 e. The number of ether oxygens (including phenoxy) is 2. The van der Waals surface area contributed by atoms with Gasteiger partial charge in [0.25, 0.3) is 0 Å². The van der Waals surface area contributed by atoms with E-state index >= 15 is 0 Å². The number of esters is 2. The summed E-state index contributed by atoms with van der Waals surface area (Å²) in [7, 11) is 0. The standard InChI is InChI=1S/C22H17NO6/c1-3-26-22(25)19-16-12-15(27-21(24)18-11-13(2)23-29-18)9-10-17(16)28-20(19)14-7-5-4-6-8-14/h4-12H,3H2,1-2H3. The molecule has 2 heterocycles. The van der Waals surface area contributed by atoms with Gasteiger partial charge in [0.05, 0.1) is 12.3 Å². The van der Waals surface area contributed by atoms with E-state index in [1.807, 2.05) is 30.3 Å². The minimum Gasteiger partial charge on any atom is -0.462 e. The number of hydrogen-bond acceptors (Lipinski definition) is 7. The highest BCUT2D eigenvalue weighted by atomic mass is 16.6. The van der Waals surface area contributed by atoms with E-state index in [1.165, 1.54) is 6.07 Å². The summed E-state index contributed by atoms with van der Waals surface area (Å²) >= 11 is 0. The third-order valence-electron chi connectivity index (χ3n) is 4.21. The molecule has 0 saturated heterocycles. The van der Waals surface area contributed by atoms with Gasteiger partial charge in [0.2, 0.25) is 5.76 Å². The number of carbonyl (C=O) groups is 2. The van der Waals surface area contributed by atoms with Crippen LogP contribution in [0.25, 0.3) is 22.3 Å². The Morgan fingerprint density at radius 1 is 1.03 bits per heavy atom. The smallest absolute Gasteiger partial charge is 0.382 e. The van der Waals surface area contributed by atoms with Gasteiger partial charge in [-0.05, 0) is 32.0 Å². The minimum absolute atomic E-state index is 0.00891. The van der Waals surface area contributed by atoms with Gasteiger partial charge in [-0.3, -0.25) is 0 Å². The van der Waals surface area contributed by atoms with Gasteiger partial charge in [0.1, 0.15) is 22.7 Å². The van der Waals surface area contributed by atoms with Crippen LogP contribution in [-0.4, -0.2) is 23.7 Å². The molecule has 0 atom stereocenters. The van der Waals surface area contributed by atoms with Crippen LogP contribution >= 0.6 is 0 Å². The summed E-state index contributed by atoms with van der Waals surface area (Å²) in [5.74, 6) is -0.574. The number of hydrogen-bond donors (Lipinski definition) is 0. The van der Waals surface area contributed by atoms with Gasteiger partial charge in [-0.2, -0.15) is 0 Å². The molecule has 0 bridgehead atoms. The van der Waals surface area contributed by atoms with Gasteiger partial charge in [-0.25, -0.2) is 9.59 Å². The van der Waals surface area contributed by atoms with Crippen molar-refractivity contribution in [2.24, 2.45) is 0 Å². The summed E-state index contributed by atoms with van der Waals surface area (Å²) in [4.78, 5) is 24.9. The van der Waals surface area contributed by atoms with Crippen LogP contribution in [-0.2, 0) is 4.74 Å². The number of aromatic nitrogens is 1. The topological polar surface area (TPSA) is 91.8 Å². The lowest BCUT2D eigenvalue weighted by molar-refractivity contribution is 0.0528. The Balaban J connectivity index is 1.77. The number of aryl methyl sites for hydroxylation is 1. The minimum atomic E-state index is -0.686. The van der Waals surface area contributed by atoms with Crippen molar-refractivity contribution in [1.29, 1.82) is 0 Å². The predicted molar refractivity (Wildman–Crippen MR) is 104 cm³/mol. The molecular formula is C22H17NO6. The summed E-state index contributed by atoms with van der Waals surface area (Å²) in [6.07, 6.45) is 0. The van der Waals surface area contributed by atoms with Gasteiger partial charge in [-0.1, -0.05) is 35.5 Å². The third kappa shape index (κ3) is 3.62. The van der Waals surface area contributed by atoms with E-state index in [0.717, 1.165) is 5.56 Å². The summed E-state index contributed by atoms with van der Waals surface area (Å²) in [5, 5.41) is 4.16. The molecule has 2 aromatic carbocycles. The molecule has 0 unspecified atom stereocenters. The van der Waals surface area contributed by atoms with E-state index in [2.05, 4.69) is 5.16 Å². The van der Waals surface area contributed by atoms with E-state index in [-0.39, 0.29) is 23.7 Å². The van der Waals surface area contributed by atoms with Crippen LogP contribution in [0.3, 0.4) is 0 Å². The zero-order chi connectivity index (χ0) is 20.4. The average molecular weight is 391 g/mol. The lowest BCUT2D eigenvalue weighted by Gasteiger charge is -2.04. The van der Waals surface area contributed by atoms with Crippen molar-refractivity contribution in [2.75, 3.05) is 6.61 Å². The summed E-state index contributed by atoms with van der Waals surface area (Å²) < 4.78 is 21.4. The highest BCUT2D eigenvalue weighted by Crippen LogP contribution is 2.36. The molecule has 0 N–H and O–H groups in total. The van der Waals surface area contributed by atoms with Crippen LogP contribution in [0.1, 0.15) is 33.5 Å². The Labute approximate surface area is 165 Å². The zero-order valence-electron chi connectivity index (χ0n) is 15.8. The number of rotatable bonds is 5. The lowest BCUT2D eigenvalue weighted by atomic mass is 10.1. The first-order chi connectivity index (χ1) is 14.1. The fraction of sp³-hybridized carbons (Fsp3) is 0.136. The van der Waals surface area contributed by atoms with Crippen molar-refractivity contribution in [1.82, 2.24) is 5.16 Å². The summed E-state index contributed by atoms with van der Waals surface area (Å²) in [6.45, 7) is 3.66. The molecule has 0 saturated carbocycles. The van der Waals surface area contributed by atoms with E-state index < -0.39 is 11.9 Å². The maximum absolute atomic E-state index is 12.7. The quantitative estimate of drug-likeness (QED) is 0.357. The molecule has 0 aliphatic heterocycles. The van der Waals surface area contributed by atoms with Crippen LogP contribution in [0.5, 0.6) is 5.75 Å². The van der Waals surface area contributed by atoms with Crippen molar-refractivity contribution in [3.63, 3.8) is 0 Å². The monoisotopic (exact) mass is 391 g/mol. The molecule has 146 valence electrons. The van der Waals surface area contributed by atoms with Crippen LogP contribution in [0.15, 0.2) is 63.5 Å². The fourth-order valence-electron chi connectivity index (χ4n) is 2.96. The maximum atomic E-state index is 12.7. The first-order valence-electron chi connectivity index (χ1n) is 9.01. The second-order valence-electron chi connectivity index (χ2n) is 6.27. The molecule has 0 spiro atoms. The first-order valence-corrected chi connectivity index (χ1v) is 9.01. The molecular weight excluding hydrogens is 374 g/mol. The van der Waals surface area contributed by atoms with Crippen LogP contribution in [0.2, 0.25) is 0 Å². The lowest BCUT2D eigenvalue weighted by Crippen LogP contribution is -2.07. The molecule has 0 aliphatic rings. The second kappa shape index (κ2) is 7.63. The predicted octanol–water partition coefficient (Wildman–Crippen LogP) is 4.79. The molecule has 0 amide bonds. The Kier molecular flexibility index (Phi) is 4.87. The Bertz CT molecular complexity index is 1190. The maximum Gasteiger partial charge on any atom is 0.382 e. The molecule has 0 fully saturated rings. The SMILES string of the molecule is CCOC(=O)c1c(-c2ccccc2)oc2ccc(OC(=O)c3cc(C)no3)cc12. The summed E-state index contributed by atoms with van der Waals surface area (Å²) in [5.41, 5.74) is 2.06. The number of fused-ring (bicyclic) bond motifs is 1. The highest BCUT2D eigenvalue weighted by molar-refractivity contribution is 6.09. The van der Waals surface area contributed by atoms with Gasteiger partial charge in [-0.15, -0.1) is 0 Å². The van der Waals surface area contributed by atoms with Crippen molar-refractivity contribution in [3.8, 4) is 17.1 Å². The van der Waals surface area contributed by atoms with Crippen LogP contribution in [0, 0.1) is 6.92 Å². The van der Waals surface area contributed by atoms with Crippen molar-refractivity contribution in [2.45, 2.75) is 13.8 Å². The molecule has 0 radical (unpaired) electrons. The summed E-state index contributed by atoms with van der Waals surface area (Å²) in [6, 6.07) is 15.5. The third-order valence-corrected chi connectivity index (χ3v) is 4.21. The number of furan rings is 1. The van der Waals surface area contributed by atoms with E-state index in [9.17, 15) is 9.59 Å². The van der Waals surface area contributed by atoms with Crippen LogP contribution in [0.4, 0.5) is 0 Å². The normalized spacial score (nSPS) is 10.8. The Morgan fingerprint density at radius 3 is 2.52 bits per heavy atom. The average Bonchev–Trinajstić information content (AvgIpc) is 3.32. The molecule has 0 aliphatic carbocycles. The van der Waals surface area contributed by atoms with Gasteiger partial charge in [0, 0.05) is 17.0 Å². The molecule has 2 aromatic heterocycles. The first kappa shape index (κ1) is 18.5. The van der Waals surface area contributed by atoms with Crippen LogP contribution < -0.4 is 4.74 Å². The molecule has 4 aromatic rings. The number of benzene rings is 2. The van der Waals surface area contributed by atoms with Gasteiger partial charge in [0.15, 0.2) is 0 Å². The molecule has 4 rings (SSSR count). The van der Waals surface area contributed by atoms with Gasteiger partial charge >= 0.3 is 11.9 Å². The molecule has 7 heteroatoms. The van der Waals surface area contributed by atoms with Crippen molar-refractivity contribution < 1.29 is 28.0 Å². The molecule has 29 heavy (non-hydrogen) atoms. The second-order valence-corrected chi connectivity index (χ2v) is 6.27. The van der Waals surface area contributed by atoms with Crippen molar-refractivity contribution in [3.05, 3.63) is 71.6 Å². The number of nitrogens with zero attached hydrogens (tertiary/aromatic N) is 1. The van der Waals surface area contributed by atoms with E-state index in [0.29, 0.717) is 22.4 Å². The van der Waals surface area contributed by atoms with Gasteiger partial charge < -0.3 is 18.4 Å². The molecule has 7 nitrogen and oxygen atoms in total. The fourth-order valence-corrected chi connectivity index (χ4v) is 2.96. The van der Waals surface area contributed by atoms with E-state index in [1.54, 1.807) is 32.0 Å². The van der Waals surface area contributed by atoms with Crippen molar-refractivity contribution >= 4 is 22.9 Å².